The van der Waals surface area contributed by atoms with E-state index < -0.39 is 35.3 Å². The van der Waals surface area contributed by atoms with Crippen molar-refractivity contribution in [1.82, 2.24) is 4.90 Å². The van der Waals surface area contributed by atoms with E-state index in [4.69, 9.17) is 33.0 Å². The highest BCUT2D eigenvalue weighted by molar-refractivity contribution is 6.49. The number of aliphatic hydroxyl groups is 2. The Balaban J connectivity index is 3.03. The number of amides is 1. The summed E-state index contributed by atoms with van der Waals surface area (Å²) in [5, 5.41) is 18.9. The molecular formula is C11H15Cl2NO5. The molecule has 0 aromatic rings. The lowest BCUT2D eigenvalue weighted by atomic mass is 10.1. The van der Waals surface area contributed by atoms with Crippen molar-refractivity contribution < 1.29 is 24.5 Å². The Kier molecular flexibility index (Phi) is 5.34. The van der Waals surface area contributed by atoms with E-state index in [1.165, 1.54) is 20.0 Å². The third kappa shape index (κ3) is 3.46. The number of nitrogens with zero attached hydrogens (tertiary/aromatic N) is 1. The fraction of sp³-hybridized carbons (Fsp3) is 0.636. The number of halogens is 2. The Bertz CT molecular complexity index is 399. The molecule has 1 aliphatic heterocycles. The van der Waals surface area contributed by atoms with Gasteiger partial charge in [-0.15, -0.1) is 0 Å². The zero-order valence-electron chi connectivity index (χ0n) is 10.4. The Morgan fingerprint density at radius 3 is 2.37 bits per heavy atom. The number of ketones is 1. The number of rotatable bonds is 4. The van der Waals surface area contributed by atoms with E-state index in [1.807, 2.05) is 0 Å². The van der Waals surface area contributed by atoms with Gasteiger partial charge >= 0.3 is 0 Å². The van der Waals surface area contributed by atoms with Crippen LogP contribution in [0.4, 0.5) is 0 Å². The summed E-state index contributed by atoms with van der Waals surface area (Å²) in [5.74, 6) is -0.753. The summed E-state index contributed by atoms with van der Waals surface area (Å²) in [5.41, 5.74) is 0. The van der Waals surface area contributed by atoms with Crippen molar-refractivity contribution in [3.05, 3.63) is 12.3 Å². The van der Waals surface area contributed by atoms with Crippen LogP contribution in [0.25, 0.3) is 0 Å². The lowest BCUT2D eigenvalue weighted by Crippen LogP contribution is -2.47. The topological polar surface area (TPSA) is 87.1 Å². The molecule has 1 aliphatic rings. The summed E-state index contributed by atoms with van der Waals surface area (Å²) in [7, 11) is 0. The predicted octanol–water partition coefficient (Wildman–Crippen LogP) is 0.190. The summed E-state index contributed by atoms with van der Waals surface area (Å²) in [6.45, 7) is 2.04. The van der Waals surface area contributed by atoms with E-state index in [0.717, 1.165) is 11.0 Å². The van der Waals surface area contributed by atoms with Gasteiger partial charge < -0.3 is 14.9 Å². The maximum atomic E-state index is 11.6. The van der Waals surface area contributed by atoms with Crippen LogP contribution < -0.4 is 0 Å². The average Bonchev–Trinajstić information content (AvgIpc) is 2.52. The van der Waals surface area contributed by atoms with Crippen LogP contribution in [0.15, 0.2) is 12.3 Å². The van der Waals surface area contributed by atoms with E-state index in [1.54, 1.807) is 0 Å². The van der Waals surface area contributed by atoms with Crippen molar-refractivity contribution in [2.45, 2.75) is 36.6 Å². The molecule has 0 radical (unpaired) electrons. The first-order chi connectivity index (χ1) is 8.71. The average molecular weight is 312 g/mol. The number of hydrogen-bond donors (Lipinski definition) is 2. The molecule has 19 heavy (non-hydrogen) atoms. The molecule has 0 aliphatic carbocycles. The number of carbonyl (C=O) groups excluding carboxylic acids is 2. The molecule has 6 nitrogen and oxygen atoms in total. The minimum Gasteiger partial charge on any atom is -0.394 e. The zero-order chi connectivity index (χ0) is 14.8. The van der Waals surface area contributed by atoms with E-state index in [9.17, 15) is 14.7 Å². The molecule has 0 aromatic carbocycles. The second kappa shape index (κ2) is 6.19. The highest BCUT2D eigenvalue weighted by Gasteiger charge is 2.56. The van der Waals surface area contributed by atoms with Gasteiger partial charge in [-0.2, -0.15) is 0 Å². The summed E-state index contributed by atoms with van der Waals surface area (Å²) in [6.07, 6.45) is -1.24. The number of alkyl halides is 2. The molecule has 0 aromatic heterocycles. The van der Waals surface area contributed by atoms with E-state index in [0.29, 0.717) is 0 Å². The number of carbonyl (C=O) groups is 2. The van der Waals surface area contributed by atoms with Gasteiger partial charge in [0.2, 0.25) is 5.91 Å². The molecule has 1 amide bonds. The van der Waals surface area contributed by atoms with Crippen LogP contribution in [0.1, 0.15) is 13.8 Å². The fourth-order valence-corrected chi connectivity index (χ4v) is 2.25. The SMILES string of the molecule is CC(=O)/C=C\N(C(C)=O)[C@@H]1O[C@H](CO)[C@@H](O)C1(Cl)Cl. The van der Waals surface area contributed by atoms with Crippen LogP contribution in [0.2, 0.25) is 0 Å². The van der Waals surface area contributed by atoms with Crippen molar-refractivity contribution in [3.63, 3.8) is 0 Å². The monoisotopic (exact) mass is 311 g/mol. The first kappa shape index (κ1) is 16.4. The van der Waals surface area contributed by atoms with Gasteiger partial charge in [-0.25, -0.2) is 0 Å². The number of aliphatic hydroxyl groups excluding tert-OH is 2. The van der Waals surface area contributed by atoms with Gasteiger partial charge in [-0.3, -0.25) is 14.5 Å². The second-order valence-corrected chi connectivity index (χ2v) is 5.63. The third-order valence-electron chi connectivity index (χ3n) is 2.65. The number of hydrogen-bond acceptors (Lipinski definition) is 5. The van der Waals surface area contributed by atoms with Crippen LogP contribution in [0.5, 0.6) is 0 Å². The van der Waals surface area contributed by atoms with E-state index in [2.05, 4.69) is 0 Å². The lowest BCUT2D eigenvalue weighted by Gasteiger charge is -2.30. The molecule has 0 saturated carbocycles. The Hall–Kier alpha value is -0.660. The second-order valence-electron chi connectivity index (χ2n) is 4.18. The molecule has 2 N–H and O–H groups in total. The highest BCUT2D eigenvalue weighted by atomic mass is 35.5. The standard InChI is InChI=1S/C11H15Cl2NO5/c1-6(16)3-4-14(7(2)17)10-11(12,13)9(18)8(5-15)19-10/h3-4,8-10,15,18H,5H2,1-2H3/b4-3-/t8-,9-,10-/m1/s1. The summed E-state index contributed by atoms with van der Waals surface area (Å²) in [6, 6.07) is 0. The van der Waals surface area contributed by atoms with Crippen LogP contribution in [0, 0.1) is 0 Å². The van der Waals surface area contributed by atoms with Crippen molar-refractivity contribution >= 4 is 34.9 Å². The van der Waals surface area contributed by atoms with Crippen molar-refractivity contribution in [3.8, 4) is 0 Å². The quantitative estimate of drug-likeness (QED) is 0.571. The van der Waals surface area contributed by atoms with Crippen molar-refractivity contribution in [2.24, 2.45) is 0 Å². The lowest BCUT2D eigenvalue weighted by molar-refractivity contribution is -0.139. The van der Waals surface area contributed by atoms with E-state index in [-0.39, 0.29) is 5.78 Å². The Morgan fingerprint density at radius 2 is 2.00 bits per heavy atom. The smallest absolute Gasteiger partial charge is 0.225 e. The first-order valence-electron chi connectivity index (χ1n) is 5.51. The number of ether oxygens (including phenoxy) is 1. The normalized spacial score (nSPS) is 29.7. The fourth-order valence-electron chi connectivity index (χ4n) is 1.65. The predicted molar refractivity (Wildman–Crippen MR) is 68.5 cm³/mol. The molecule has 0 spiro atoms. The van der Waals surface area contributed by atoms with Crippen LogP contribution in [-0.2, 0) is 14.3 Å². The van der Waals surface area contributed by atoms with Gasteiger partial charge in [0.25, 0.3) is 0 Å². The first-order valence-corrected chi connectivity index (χ1v) is 6.27. The zero-order valence-corrected chi connectivity index (χ0v) is 11.9. The molecule has 108 valence electrons. The molecule has 1 saturated heterocycles. The summed E-state index contributed by atoms with van der Waals surface area (Å²) >= 11 is 12.0. The van der Waals surface area contributed by atoms with Crippen molar-refractivity contribution in [2.75, 3.05) is 6.61 Å². The molecule has 0 unspecified atom stereocenters. The van der Waals surface area contributed by atoms with E-state index >= 15 is 0 Å². The Morgan fingerprint density at radius 1 is 1.42 bits per heavy atom. The molecule has 1 rings (SSSR count). The minimum atomic E-state index is -1.81. The highest BCUT2D eigenvalue weighted by Crippen LogP contribution is 2.42. The van der Waals surface area contributed by atoms with Gasteiger partial charge in [0.05, 0.1) is 6.61 Å². The molecule has 8 heteroatoms. The van der Waals surface area contributed by atoms with Crippen molar-refractivity contribution in [1.29, 1.82) is 0 Å². The van der Waals surface area contributed by atoms with Crippen LogP contribution in [0.3, 0.4) is 0 Å². The third-order valence-corrected chi connectivity index (χ3v) is 3.47. The Labute approximate surface area is 120 Å². The van der Waals surface area contributed by atoms with Gasteiger partial charge in [0.1, 0.15) is 12.2 Å². The van der Waals surface area contributed by atoms with Gasteiger partial charge in [-0.1, -0.05) is 23.2 Å². The van der Waals surface area contributed by atoms with Gasteiger partial charge in [0, 0.05) is 13.1 Å². The molecule has 0 bridgehead atoms. The van der Waals surface area contributed by atoms with Gasteiger partial charge in [-0.05, 0) is 13.0 Å². The molecule has 1 heterocycles. The van der Waals surface area contributed by atoms with Crippen LogP contribution >= 0.6 is 23.2 Å². The number of allylic oxidation sites excluding steroid dienone is 1. The summed E-state index contributed by atoms with van der Waals surface area (Å²) < 4.78 is 3.47. The minimum absolute atomic E-state index is 0.279. The van der Waals surface area contributed by atoms with Gasteiger partial charge in [0.15, 0.2) is 16.3 Å². The molecular weight excluding hydrogens is 297 g/mol. The summed E-state index contributed by atoms with van der Waals surface area (Å²) in [4.78, 5) is 23.5. The molecule has 1 fully saturated rings. The molecule has 3 atom stereocenters. The maximum absolute atomic E-state index is 11.6. The maximum Gasteiger partial charge on any atom is 0.225 e. The van der Waals surface area contributed by atoms with Crippen LogP contribution in [-0.4, -0.2) is 56.2 Å². The largest absolute Gasteiger partial charge is 0.394 e.